The van der Waals surface area contributed by atoms with Gasteiger partial charge in [0, 0.05) is 24.4 Å². The Kier molecular flexibility index (Phi) is 5.31. The highest BCUT2D eigenvalue weighted by Crippen LogP contribution is 2.30. The standard InChI is InChI=1S/C14H19ClN2O4S/c1-10(22(2,19)20)14(18)16-12-9-11(15)3-4-13(12)17-5-7-21-8-6-17/h3-4,9-10H,5-8H2,1-2H3,(H,16,18). The normalized spacial score (nSPS) is 17.1. The molecule has 0 aliphatic carbocycles. The maximum Gasteiger partial charge on any atom is 0.242 e. The van der Waals surface area contributed by atoms with Crippen LogP contribution in [0.25, 0.3) is 0 Å². The van der Waals surface area contributed by atoms with E-state index in [4.69, 9.17) is 16.3 Å². The van der Waals surface area contributed by atoms with Gasteiger partial charge in [-0.05, 0) is 25.1 Å². The topological polar surface area (TPSA) is 75.7 Å². The van der Waals surface area contributed by atoms with Crippen LogP contribution in [0, 0.1) is 0 Å². The summed E-state index contributed by atoms with van der Waals surface area (Å²) < 4.78 is 28.3. The van der Waals surface area contributed by atoms with Crippen molar-refractivity contribution < 1.29 is 17.9 Å². The second-order valence-electron chi connectivity index (χ2n) is 5.22. The van der Waals surface area contributed by atoms with Crippen LogP contribution in [0.3, 0.4) is 0 Å². The van der Waals surface area contributed by atoms with Crippen molar-refractivity contribution in [2.45, 2.75) is 12.2 Å². The third-order valence-corrected chi connectivity index (χ3v) is 5.31. The van der Waals surface area contributed by atoms with E-state index in [1.165, 1.54) is 6.92 Å². The van der Waals surface area contributed by atoms with Gasteiger partial charge in [-0.15, -0.1) is 0 Å². The molecule has 0 aromatic heterocycles. The van der Waals surface area contributed by atoms with Crippen LogP contribution in [0.5, 0.6) is 0 Å². The molecule has 1 heterocycles. The van der Waals surface area contributed by atoms with Gasteiger partial charge in [0.1, 0.15) is 5.25 Å². The van der Waals surface area contributed by atoms with Gasteiger partial charge in [-0.3, -0.25) is 4.79 Å². The largest absolute Gasteiger partial charge is 0.378 e. The lowest BCUT2D eigenvalue weighted by molar-refractivity contribution is -0.115. The number of amides is 1. The van der Waals surface area contributed by atoms with Crippen LogP contribution in [-0.4, -0.2) is 52.1 Å². The van der Waals surface area contributed by atoms with Crippen LogP contribution in [0.1, 0.15) is 6.92 Å². The van der Waals surface area contributed by atoms with Gasteiger partial charge < -0.3 is 15.0 Å². The minimum absolute atomic E-state index is 0.472. The van der Waals surface area contributed by atoms with Gasteiger partial charge in [0.15, 0.2) is 9.84 Å². The van der Waals surface area contributed by atoms with Crippen molar-refractivity contribution in [3.8, 4) is 0 Å². The van der Waals surface area contributed by atoms with Crippen molar-refractivity contribution in [2.75, 3.05) is 42.8 Å². The first kappa shape index (κ1) is 17.1. The Hall–Kier alpha value is -1.31. The smallest absolute Gasteiger partial charge is 0.242 e. The Bertz CT molecular complexity index is 657. The zero-order chi connectivity index (χ0) is 16.3. The molecule has 1 amide bonds. The second-order valence-corrected chi connectivity index (χ2v) is 8.02. The Morgan fingerprint density at radius 2 is 2.00 bits per heavy atom. The Morgan fingerprint density at radius 1 is 1.36 bits per heavy atom. The van der Waals surface area contributed by atoms with Crippen LogP contribution in [-0.2, 0) is 19.4 Å². The molecule has 0 bridgehead atoms. The van der Waals surface area contributed by atoms with Crippen LogP contribution in [0.2, 0.25) is 5.02 Å². The molecule has 8 heteroatoms. The first-order chi connectivity index (χ1) is 10.3. The summed E-state index contributed by atoms with van der Waals surface area (Å²) in [6, 6.07) is 5.18. The molecular formula is C14H19ClN2O4S. The number of carbonyl (C=O) groups excluding carboxylic acids is 1. The van der Waals surface area contributed by atoms with E-state index in [1.54, 1.807) is 12.1 Å². The van der Waals surface area contributed by atoms with E-state index < -0.39 is 21.0 Å². The van der Waals surface area contributed by atoms with E-state index >= 15 is 0 Å². The molecule has 0 saturated carbocycles. The predicted molar refractivity (Wildman–Crippen MR) is 87.4 cm³/mol. The van der Waals surface area contributed by atoms with Crippen molar-refractivity contribution in [3.63, 3.8) is 0 Å². The number of anilines is 2. The first-order valence-corrected chi connectivity index (χ1v) is 9.24. The summed E-state index contributed by atoms with van der Waals surface area (Å²) in [6.45, 7) is 3.98. The average molecular weight is 347 g/mol. The Morgan fingerprint density at radius 3 is 2.59 bits per heavy atom. The molecule has 1 aromatic carbocycles. The van der Waals surface area contributed by atoms with Crippen molar-refractivity contribution in [1.82, 2.24) is 0 Å². The highest BCUT2D eigenvalue weighted by molar-refractivity contribution is 7.92. The maximum absolute atomic E-state index is 12.1. The minimum Gasteiger partial charge on any atom is -0.378 e. The molecule has 1 aliphatic rings. The molecule has 0 spiro atoms. The SMILES string of the molecule is CC(C(=O)Nc1cc(Cl)ccc1N1CCOCC1)S(C)(=O)=O. The molecule has 1 atom stereocenters. The van der Waals surface area contributed by atoms with Gasteiger partial charge in [-0.25, -0.2) is 8.42 Å². The molecular weight excluding hydrogens is 328 g/mol. The van der Waals surface area contributed by atoms with E-state index in [0.717, 1.165) is 11.9 Å². The van der Waals surface area contributed by atoms with E-state index in [-0.39, 0.29) is 0 Å². The minimum atomic E-state index is -3.45. The Balaban J connectivity index is 2.25. The molecule has 122 valence electrons. The number of ether oxygens (including phenoxy) is 1. The van der Waals surface area contributed by atoms with Crippen LogP contribution < -0.4 is 10.2 Å². The van der Waals surface area contributed by atoms with E-state index in [1.807, 2.05) is 6.07 Å². The van der Waals surface area contributed by atoms with Crippen molar-refractivity contribution in [2.24, 2.45) is 0 Å². The quantitative estimate of drug-likeness (QED) is 0.895. The van der Waals surface area contributed by atoms with Crippen LogP contribution >= 0.6 is 11.6 Å². The molecule has 1 fully saturated rings. The zero-order valence-electron chi connectivity index (χ0n) is 12.5. The molecule has 0 radical (unpaired) electrons. The fourth-order valence-corrected chi connectivity index (χ4v) is 2.74. The van der Waals surface area contributed by atoms with Gasteiger partial charge in [-0.1, -0.05) is 11.6 Å². The van der Waals surface area contributed by atoms with E-state index in [0.29, 0.717) is 37.0 Å². The van der Waals surface area contributed by atoms with Crippen molar-refractivity contribution in [3.05, 3.63) is 23.2 Å². The van der Waals surface area contributed by atoms with Gasteiger partial charge in [-0.2, -0.15) is 0 Å². The summed E-state index contributed by atoms with van der Waals surface area (Å²) in [5, 5.41) is 2.02. The summed E-state index contributed by atoms with van der Waals surface area (Å²) in [6.07, 6.45) is 1.04. The van der Waals surface area contributed by atoms with E-state index in [9.17, 15) is 13.2 Å². The molecule has 1 saturated heterocycles. The molecule has 1 aliphatic heterocycles. The summed E-state index contributed by atoms with van der Waals surface area (Å²) in [4.78, 5) is 14.2. The summed E-state index contributed by atoms with van der Waals surface area (Å²) in [5.41, 5.74) is 1.32. The molecule has 1 N–H and O–H groups in total. The summed E-state index contributed by atoms with van der Waals surface area (Å²) in [5.74, 6) is -0.570. The number of halogens is 1. The number of hydrogen-bond acceptors (Lipinski definition) is 5. The maximum atomic E-state index is 12.1. The predicted octanol–water partition coefficient (Wildman–Crippen LogP) is 1.55. The third kappa shape index (κ3) is 4.12. The third-order valence-electron chi connectivity index (χ3n) is 3.58. The summed E-state index contributed by atoms with van der Waals surface area (Å²) in [7, 11) is -3.45. The number of carbonyl (C=O) groups is 1. The highest BCUT2D eigenvalue weighted by atomic mass is 35.5. The lowest BCUT2D eigenvalue weighted by Crippen LogP contribution is -2.37. The van der Waals surface area contributed by atoms with Crippen molar-refractivity contribution >= 4 is 38.7 Å². The molecule has 1 unspecified atom stereocenters. The number of hydrogen-bond donors (Lipinski definition) is 1. The number of benzene rings is 1. The fourth-order valence-electron chi connectivity index (χ4n) is 2.12. The van der Waals surface area contributed by atoms with Crippen LogP contribution in [0.4, 0.5) is 11.4 Å². The first-order valence-electron chi connectivity index (χ1n) is 6.91. The summed E-state index contributed by atoms with van der Waals surface area (Å²) >= 11 is 6.00. The van der Waals surface area contributed by atoms with Gasteiger partial charge in [0.2, 0.25) is 5.91 Å². The number of rotatable bonds is 4. The lowest BCUT2D eigenvalue weighted by Gasteiger charge is -2.30. The number of sulfone groups is 1. The van der Waals surface area contributed by atoms with Crippen LogP contribution in [0.15, 0.2) is 18.2 Å². The lowest BCUT2D eigenvalue weighted by atomic mass is 10.2. The second kappa shape index (κ2) is 6.85. The average Bonchev–Trinajstić information content (AvgIpc) is 2.46. The zero-order valence-corrected chi connectivity index (χ0v) is 14.1. The monoisotopic (exact) mass is 346 g/mol. The van der Waals surface area contributed by atoms with E-state index in [2.05, 4.69) is 10.2 Å². The van der Waals surface area contributed by atoms with Crippen molar-refractivity contribution in [1.29, 1.82) is 0 Å². The Labute approximate surface area is 135 Å². The number of nitrogens with one attached hydrogen (secondary N) is 1. The molecule has 2 rings (SSSR count). The van der Waals surface area contributed by atoms with Gasteiger partial charge in [0.05, 0.1) is 24.6 Å². The van der Waals surface area contributed by atoms with Gasteiger partial charge in [0.25, 0.3) is 0 Å². The number of morpholine rings is 1. The highest BCUT2D eigenvalue weighted by Gasteiger charge is 2.25. The molecule has 1 aromatic rings. The fraction of sp³-hybridized carbons (Fsp3) is 0.500. The molecule has 22 heavy (non-hydrogen) atoms. The number of nitrogens with zero attached hydrogens (tertiary/aromatic N) is 1. The van der Waals surface area contributed by atoms with Gasteiger partial charge >= 0.3 is 0 Å². The molecule has 6 nitrogen and oxygen atoms in total.